The maximum atomic E-state index is 14.8. The lowest BCUT2D eigenvalue weighted by Gasteiger charge is -2.42. The summed E-state index contributed by atoms with van der Waals surface area (Å²) in [4.78, 5) is 32.8. The lowest BCUT2D eigenvalue weighted by Crippen LogP contribution is -2.74. The molecule has 0 aromatic heterocycles. The van der Waals surface area contributed by atoms with Crippen LogP contribution < -0.4 is 14.2 Å². The van der Waals surface area contributed by atoms with E-state index in [0.717, 1.165) is 0 Å². The topological polar surface area (TPSA) is 140 Å². The molecule has 2 aromatic rings. The molecule has 0 atom stereocenters. The predicted octanol–water partition coefficient (Wildman–Crippen LogP) is 22.5. The Kier molecular flexibility index (Phi) is 27.5. The Bertz CT molecular complexity index is 3470. The zero-order valence-electron chi connectivity index (χ0n) is 51.9. The van der Waals surface area contributed by atoms with Crippen LogP contribution >= 0.6 is 0 Å². The summed E-state index contributed by atoms with van der Waals surface area (Å²) >= 11 is 0. The van der Waals surface area contributed by atoms with Crippen molar-refractivity contribution >= 4 is 17.3 Å². The first-order valence-corrected chi connectivity index (χ1v) is 27.8. The zero-order valence-corrected chi connectivity index (χ0v) is 51.9. The van der Waals surface area contributed by atoms with E-state index in [-0.39, 0.29) is 30.3 Å². The maximum absolute atomic E-state index is 14.8. The molecule has 0 unspecified atom stereocenters. The Labute approximate surface area is 581 Å². The van der Waals surface area contributed by atoms with Crippen LogP contribution in [0.25, 0.3) is 0 Å². The highest BCUT2D eigenvalue weighted by Gasteiger charge is 2.98. The fraction of sp³-hybridized carbons (Fsp3) is 0.740. The summed E-state index contributed by atoms with van der Waals surface area (Å²) in [6.07, 6.45) is -46.9. The minimum atomic E-state index is -9.18. The minimum absolute atomic E-state index is 0.0398. The van der Waals surface area contributed by atoms with Crippen LogP contribution in [0.3, 0.4) is 0 Å². The van der Waals surface area contributed by atoms with Crippen molar-refractivity contribution in [1.29, 1.82) is 0 Å². The molecule has 0 bridgehead atoms. The summed E-state index contributed by atoms with van der Waals surface area (Å²) in [6, 6.07) is 0.447. The summed E-state index contributed by atoms with van der Waals surface area (Å²) in [5.74, 6) is -189. The summed E-state index contributed by atoms with van der Waals surface area (Å²) in [6.45, 7) is -7.50. The zero-order chi connectivity index (χ0) is 89.3. The molecule has 0 fully saturated rings. The van der Waals surface area contributed by atoms with E-state index in [9.17, 15) is 249 Å². The number of esters is 1. The van der Waals surface area contributed by atoms with Crippen molar-refractivity contribution in [3.05, 3.63) is 61.7 Å². The lowest BCUT2D eigenvalue weighted by molar-refractivity contribution is -0.461. The third-order valence-corrected chi connectivity index (χ3v) is 14.8. The van der Waals surface area contributed by atoms with E-state index in [1.54, 1.807) is 0 Å². The van der Waals surface area contributed by atoms with Crippen molar-refractivity contribution in [2.75, 3.05) is 19.8 Å². The average Bonchev–Trinajstić information content (AvgIpc) is 0.705. The molecule has 0 heterocycles. The molecule has 0 spiro atoms. The second-order valence-corrected chi connectivity index (χ2v) is 22.6. The van der Waals surface area contributed by atoms with Gasteiger partial charge in [0.05, 0.1) is 41.3 Å². The first kappa shape index (κ1) is 101. The van der Waals surface area contributed by atoms with Gasteiger partial charge >= 0.3 is 149 Å². The van der Waals surface area contributed by atoms with Crippen LogP contribution in [0.5, 0.6) is 17.2 Å². The van der Waals surface area contributed by atoms with Crippen LogP contribution in [-0.4, -0.2) is 179 Å². The number of nitro groups is 2. The van der Waals surface area contributed by atoms with Crippen molar-refractivity contribution in [3.8, 4) is 17.2 Å². The van der Waals surface area contributed by atoms with Crippen molar-refractivity contribution < 1.29 is 257 Å². The molecule has 0 radical (unpaired) electrons. The second-order valence-electron chi connectivity index (χ2n) is 22.6. The molecular formula is C50H31F51N2O9. The summed E-state index contributed by atoms with van der Waals surface area (Å²) < 4.78 is 726. The van der Waals surface area contributed by atoms with Gasteiger partial charge in [-0.25, -0.2) is 4.79 Å². The van der Waals surface area contributed by atoms with Gasteiger partial charge in [0.1, 0.15) is 6.61 Å². The van der Waals surface area contributed by atoms with Gasteiger partial charge in [0.25, 0.3) is 11.4 Å². The van der Waals surface area contributed by atoms with E-state index >= 15 is 0 Å². The normalized spacial score (nSPS) is 15.4. The molecule has 112 heavy (non-hydrogen) atoms. The van der Waals surface area contributed by atoms with Gasteiger partial charge in [-0.3, -0.25) is 20.2 Å². The number of alkyl halides is 51. The summed E-state index contributed by atoms with van der Waals surface area (Å²) in [5, 5.41) is 22.7. The van der Waals surface area contributed by atoms with Crippen LogP contribution in [0, 0.1) is 20.2 Å². The fourth-order valence-electron chi connectivity index (χ4n) is 8.17. The second kappa shape index (κ2) is 30.6. The molecule has 2 rings (SSSR count). The van der Waals surface area contributed by atoms with Crippen molar-refractivity contribution in [3.63, 3.8) is 0 Å². The molecule has 2 aromatic carbocycles. The molecule has 62 heteroatoms. The molecule has 0 N–H and O–H groups in total. The largest absolute Gasteiger partial charge is 0.490 e. The first-order valence-electron chi connectivity index (χ1n) is 27.8. The number of carbonyl (C=O) groups is 1. The van der Waals surface area contributed by atoms with E-state index in [2.05, 4.69) is 4.74 Å². The van der Waals surface area contributed by atoms with Gasteiger partial charge in [-0.05, 0) is 56.2 Å². The highest BCUT2D eigenvalue weighted by Crippen LogP contribution is 2.69. The van der Waals surface area contributed by atoms with Gasteiger partial charge in [-0.15, -0.1) is 0 Å². The number of hydrogen-bond acceptors (Lipinski definition) is 9. The quantitative estimate of drug-likeness (QED) is 0.0209. The Balaban J connectivity index is 2.93. The molecule has 652 valence electrons. The SMILES string of the molecule is O=C(OCc1cc(OCCCCC(F)(F)C(F)(F)C(F)(F)C(F)(F)C(F)(F)C(F)(F)C(F)(F)C(F)(F)F)c(OCCCCC(F)(F)C(F)(F)C(F)(F)C(F)(F)C(F)(F)C(F)(F)C(F)(F)C(F)(F)F)c(OCCCCC(F)(F)C(F)(F)C(F)(F)C(F)(F)C(F)(F)C(F)(F)C(F)(F)C(F)(F)F)c1)c1cc([N+](=O)[O-])cc([N+](=O)[O-])c1. The van der Waals surface area contributed by atoms with E-state index in [0.29, 0.717) is 0 Å². The van der Waals surface area contributed by atoms with Crippen LogP contribution in [0.2, 0.25) is 0 Å². The number of rotatable bonds is 41. The number of hydrogen-bond donors (Lipinski definition) is 0. The number of benzene rings is 2. The molecule has 0 saturated carbocycles. The Hall–Kier alpha value is -7.46. The fourth-order valence-corrected chi connectivity index (χ4v) is 8.17. The number of unbranched alkanes of at least 4 members (excludes halogenated alkanes) is 3. The van der Waals surface area contributed by atoms with Crippen molar-refractivity contribution in [2.45, 2.75) is 207 Å². The first-order chi connectivity index (χ1) is 49.0. The molecule has 11 nitrogen and oxygen atoms in total. The maximum Gasteiger partial charge on any atom is 0.460 e. The van der Waals surface area contributed by atoms with Gasteiger partial charge in [-0.1, -0.05) is 0 Å². The van der Waals surface area contributed by atoms with Crippen LogP contribution in [0.4, 0.5) is 235 Å². The van der Waals surface area contributed by atoms with E-state index in [4.69, 9.17) is 14.2 Å². The third-order valence-electron chi connectivity index (χ3n) is 14.8. The Morgan fingerprint density at radius 1 is 0.277 bits per heavy atom. The van der Waals surface area contributed by atoms with Gasteiger partial charge in [0.15, 0.2) is 11.5 Å². The van der Waals surface area contributed by atoms with Crippen LogP contribution in [-0.2, 0) is 11.3 Å². The third kappa shape index (κ3) is 16.4. The van der Waals surface area contributed by atoms with E-state index in [1.165, 1.54) is 0 Å². The van der Waals surface area contributed by atoms with Gasteiger partial charge in [-0.2, -0.15) is 224 Å². The Morgan fingerprint density at radius 3 is 0.696 bits per heavy atom. The van der Waals surface area contributed by atoms with E-state index < -0.39 is 283 Å². The minimum Gasteiger partial charge on any atom is -0.490 e. The molecule has 0 amide bonds. The average molecular weight is 1770 g/mol. The van der Waals surface area contributed by atoms with Crippen molar-refractivity contribution in [2.24, 2.45) is 0 Å². The highest BCUT2D eigenvalue weighted by atomic mass is 19.5. The molecule has 0 aliphatic rings. The number of halogens is 51. The van der Waals surface area contributed by atoms with Gasteiger partial charge in [0.2, 0.25) is 5.75 Å². The lowest BCUT2D eigenvalue weighted by atomic mass is 9.88. The van der Waals surface area contributed by atoms with E-state index in [1.807, 2.05) is 0 Å². The number of carbonyl (C=O) groups excluding carboxylic acids is 1. The summed E-state index contributed by atoms with van der Waals surface area (Å²) in [5.41, 5.74) is -5.22. The predicted molar refractivity (Wildman–Crippen MR) is 255 cm³/mol. The molecule has 0 saturated heterocycles. The number of nitrogens with zero attached hydrogens (tertiary/aromatic N) is 2. The van der Waals surface area contributed by atoms with Crippen molar-refractivity contribution in [1.82, 2.24) is 0 Å². The number of non-ortho nitro benzene ring substituents is 2. The van der Waals surface area contributed by atoms with Crippen LogP contribution in [0.15, 0.2) is 30.3 Å². The number of ether oxygens (including phenoxy) is 4. The smallest absolute Gasteiger partial charge is 0.460 e. The van der Waals surface area contributed by atoms with Crippen LogP contribution in [0.1, 0.15) is 73.7 Å². The molecule has 0 aliphatic heterocycles. The number of nitro benzene ring substituents is 2. The van der Waals surface area contributed by atoms with Gasteiger partial charge < -0.3 is 18.9 Å². The molecular weight excluding hydrogens is 1740 g/mol. The monoisotopic (exact) mass is 1770 g/mol. The highest BCUT2D eigenvalue weighted by molar-refractivity contribution is 5.91. The standard InChI is InChI=1S/C50H31F51N2O9/c51-27(52,30(57,58)33(63,64)36(69,70)39(75,76)42(81,82)45(87,88)48(93,94)95)7-1-4-10-109-23-13-19(18-112-26(104)20-15-21(102(105)106)17-22(16-20)103(107)108)14-24(110-11-5-2-8-28(53,54)31(59,60)34(65,66)37(71,72)40(77,78)43(83,84)46(89,90)49(96,97)98)25(23)111-12-6-3-9-29(55,56)32(61,62)35(67,68)38(73,74)41(79,80)44(85,86)47(91,92)50(99,100)101/h13-17H,1-12,18H2. The molecule has 0 aliphatic carbocycles. The summed E-state index contributed by atoms with van der Waals surface area (Å²) in [7, 11) is 0. The van der Waals surface area contributed by atoms with Gasteiger partial charge in [0, 0.05) is 31.4 Å². The Morgan fingerprint density at radius 2 is 0.482 bits per heavy atom.